The molecule has 3 nitrogen and oxygen atoms in total. The molecule has 0 unspecified atom stereocenters. The molecule has 0 spiro atoms. The van der Waals surface area contributed by atoms with Crippen LogP contribution in [0.4, 0.5) is 5.69 Å². The fourth-order valence-corrected chi connectivity index (χ4v) is 1.45. The Labute approximate surface area is 100 Å². The molecule has 0 bridgehead atoms. The topological polar surface area (TPSA) is 38.3 Å². The SMILES string of the molecule is O=CNc1ccc(COc2ccccc2)cc1. The molecule has 0 radical (unpaired) electrons. The monoisotopic (exact) mass is 227 g/mol. The molecule has 0 atom stereocenters. The molecule has 0 aliphatic rings. The third kappa shape index (κ3) is 3.34. The number of carbonyl (C=O) groups is 1. The normalized spacial score (nSPS) is 9.65. The minimum absolute atomic E-state index is 0.519. The zero-order valence-electron chi connectivity index (χ0n) is 9.30. The van der Waals surface area contributed by atoms with Crippen LogP contribution in [-0.4, -0.2) is 6.41 Å². The van der Waals surface area contributed by atoms with Gasteiger partial charge in [-0.2, -0.15) is 0 Å². The van der Waals surface area contributed by atoms with Crippen LogP contribution in [0.2, 0.25) is 0 Å². The Balaban J connectivity index is 1.93. The molecule has 0 saturated heterocycles. The number of anilines is 1. The molecular formula is C14H13NO2. The number of hydrogen-bond donors (Lipinski definition) is 1. The van der Waals surface area contributed by atoms with Crippen LogP contribution in [0.15, 0.2) is 54.6 Å². The molecule has 17 heavy (non-hydrogen) atoms. The van der Waals surface area contributed by atoms with Crippen LogP contribution in [0.3, 0.4) is 0 Å². The fraction of sp³-hybridized carbons (Fsp3) is 0.0714. The molecule has 0 aromatic heterocycles. The van der Waals surface area contributed by atoms with Crippen molar-refractivity contribution in [1.82, 2.24) is 0 Å². The maximum atomic E-state index is 10.2. The van der Waals surface area contributed by atoms with E-state index in [4.69, 9.17) is 4.74 Å². The van der Waals surface area contributed by atoms with Gasteiger partial charge in [-0.15, -0.1) is 0 Å². The highest BCUT2D eigenvalue weighted by molar-refractivity contribution is 5.70. The lowest BCUT2D eigenvalue weighted by molar-refractivity contribution is -0.105. The van der Waals surface area contributed by atoms with Crippen LogP contribution >= 0.6 is 0 Å². The first-order valence-electron chi connectivity index (χ1n) is 5.35. The van der Waals surface area contributed by atoms with Crippen molar-refractivity contribution >= 4 is 12.1 Å². The minimum atomic E-state index is 0.519. The summed E-state index contributed by atoms with van der Waals surface area (Å²) in [7, 11) is 0. The van der Waals surface area contributed by atoms with E-state index in [1.54, 1.807) is 0 Å². The van der Waals surface area contributed by atoms with Gasteiger partial charge in [0.2, 0.25) is 6.41 Å². The molecule has 1 amide bonds. The number of ether oxygens (including phenoxy) is 1. The highest BCUT2D eigenvalue weighted by atomic mass is 16.5. The van der Waals surface area contributed by atoms with E-state index in [1.807, 2.05) is 54.6 Å². The molecular weight excluding hydrogens is 214 g/mol. The lowest BCUT2D eigenvalue weighted by atomic mass is 10.2. The Bertz CT molecular complexity index is 465. The van der Waals surface area contributed by atoms with Gasteiger partial charge in [0.1, 0.15) is 12.4 Å². The highest BCUT2D eigenvalue weighted by Gasteiger charge is 1.95. The quantitative estimate of drug-likeness (QED) is 0.797. The van der Waals surface area contributed by atoms with E-state index in [0.29, 0.717) is 13.0 Å². The van der Waals surface area contributed by atoms with E-state index in [-0.39, 0.29) is 0 Å². The standard InChI is InChI=1S/C14H13NO2/c16-11-15-13-8-6-12(7-9-13)10-17-14-4-2-1-3-5-14/h1-9,11H,10H2,(H,15,16). The molecule has 0 fully saturated rings. The van der Waals surface area contributed by atoms with E-state index >= 15 is 0 Å². The Hall–Kier alpha value is -2.29. The molecule has 0 aliphatic heterocycles. The third-order valence-corrected chi connectivity index (χ3v) is 2.33. The van der Waals surface area contributed by atoms with Gasteiger partial charge in [0.25, 0.3) is 0 Å². The van der Waals surface area contributed by atoms with Gasteiger partial charge in [0.15, 0.2) is 0 Å². The summed E-state index contributed by atoms with van der Waals surface area (Å²) in [5, 5.41) is 2.59. The summed E-state index contributed by atoms with van der Waals surface area (Å²) in [5.74, 6) is 0.850. The molecule has 0 heterocycles. The number of rotatable bonds is 5. The second-order valence-electron chi connectivity index (χ2n) is 3.56. The average Bonchev–Trinajstić information content (AvgIpc) is 2.40. The fourth-order valence-electron chi connectivity index (χ4n) is 1.45. The van der Waals surface area contributed by atoms with Crippen LogP contribution < -0.4 is 10.1 Å². The summed E-state index contributed by atoms with van der Waals surface area (Å²) >= 11 is 0. The Morgan fingerprint density at radius 1 is 1.00 bits per heavy atom. The summed E-state index contributed by atoms with van der Waals surface area (Å²) in [4.78, 5) is 10.2. The summed E-state index contributed by atoms with van der Waals surface area (Å²) in [6.07, 6.45) is 0.662. The summed E-state index contributed by atoms with van der Waals surface area (Å²) in [6, 6.07) is 17.2. The zero-order chi connectivity index (χ0) is 11.9. The van der Waals surface area contributed by atoms with Crippen molar-refractivity contribution < 1.29 is 9.53 Å². The van der Waals surface area contributed by atoms with E-state index in [0.717, 1.165) is 17.0 Å². The zero-order valence-corrected chi connectivity index (χ0v) is 9.30. The third-order valence-electron chi connectivity index (χ3n) is 2.33. The van der Waals surface area contributed by atoms with E-state index in [1.165, 1.54) is 0 Å². The molecule has 2 rings (SSSR count). The first kappa shape index (κ1) is 11.2. The lowest BCUT2D eigenvalue weighted by Crippen LogP contribution is -1.97. The van der Waals surface area contributed by atoms with E-state index in [2.05, 4.69) is 5.32 Å². The maximum Gasteiger partial charge on any atom is 0.211 e. The number of hydrogen-bond acceptors (Lipinski definition) is 2. The highest BCUT2D eigenvalue weighted by Crippen LogP contribution is 2.13. The number of amides is 1. The van der Waals surface area contributed by atoms with Crippen molar-refractivity contribution in [2.75, 3.05) is 5.32 Å². The Kier molecular flexibility index (Phi) is 3.76. The first-order chi connectivity index (χ1) is 8.38. The van der Waals surface area contributed by atoms with Gasteiger partial charge in [-0.1, -0.05) is 30.3 Å². The molecule has 0 aliphatic carbocycles. The van der Waals surface area contributed by atoms with Gasteiger partial charge in [-0.05, 0) is 29.8 Å². The summed E-state index contributed by atoms with van der Waals surface area (Å²) < 4.78 is 5.60. The maximum absolute atomic E-state index is 10.2. The van der Waals surface area contributed by atoms with Crippen molar-refractivity contribution in [2.45, 2.75) is 6.61 Å². The molecule has 1 N–H and O–H groups in total. The second kappa shape index (κ2) is 5.70. The van der Waals surface area contributed by atoms with Gasteiger partial charge in [0.05, 0.1) is 0 Å². The number of para-hydroxylation sites is 1. The number of benzene rings is 2. The molecule has 2 aromatic rings. The predicted molar refractivity (Wildman–Crippen MR) is 66.9 cm³/mol. The van der Waals surface area contributed by atoms with Gasteiger partial charge < -0.3 is 10.1 Å². The molecule has 0 saturated carbocycles. The summed E-state index contributed by atoms with van der Waals surface area (Å²) in [6.45, 7) is 0.519. The second-order valence-corrected chi connectivity index (χ2v) is 3.56. The van der Waals surface area contributed by atoms with Crippen LogP contribution in [0.25, 0.3) is 0 Å². The molecule has 86 valence electrons. The van der Waals surface area contributed by atoms with Crippen LogP contribution in [0, 0.1) is 0 Å². The van der Waals surface area contributed by atoms with E-state index in [9.17, 15) is 4.79 Å². The predicted octanol–water partition coefficient (Wildman–Crippen LogP) is 2.83. The minimum Gasteiger partial charge on any atom is -0.489 e. The largest absolute Gasteiger partial charge is 0.489 e. The number of nitrogens with one attached hydrogen (secondary N) is 1. The van der Waals surface area contributed by atoms with Gasteiger partial charge in [0, 0.05) is 5.69 Å². The Morgan fingerprint density at radius 2 is 1.71 bits per heavy atom. The van der Waals surface area contributed by atoms with Crippen molar-refractivity contribution in [3.8, 4) is 5.75 Å². The molecule has 3 heteroatoms. The van der Waals surface area contributed by atoms with Crippen molar-refractivity contribution in [3.63, 3.8) is 0 Å². The average molecular weight is 227 g/mol. The van der Waals surface area contributed by atoms with Crippen molar-refractivity contribution in [1.29, 1.82) is 0 Å². The number of carbonyl (C=O) groups excluding carboxylic acids is 1. The van der Waals surface area contributed by atoms with Crippen molar-refractivity contribution in [2.24, 2.45) is 0 Å². The smallest absolute Gasteiger partial charge is 0.211 e. The first-order valence-corrected chi connectivity index (χ1v) is 5.35. The lowest BCUT2D eigenvalue weighted by Gasteiger charge is -2.06. The summed E-state index contributed by atoms with van der Waals surface area (Å²) in [5.41, 5.74) is 1.84. The van der Waals surface area contributed by atoms with Gasteiger partial charge in [-0.25, -0.2) is 0 Å². The van der Waals surface area contributed by atoms with Crippen LogP contribution in [0.1, 0.15) is 5.56 Å². The van der Waals surface area contributed by atoms with E-state index < -0.39 is 0 Å². The van der Waals surface area contributed by atoms with Gasteiger partial charge >= 0.3 is 0 Å². The Morgan fingerprint density at radius 3 is 2.35 bits per heavy atom. The van der Waals surface area contributed by atoms with Crippen molar-refractivity contribution in [3.05, 3.63) is 60.2 Å². The van der Waals surface area contributed by atoms with Crippen LogP contribution in [-0.2, 0) is 11.4 Å². The molecule has 2 aromatic carbocycles. The van der Waals surface area contributed by atoms with Crippen LogP contribution in [0.5, 0.6) is 5.75 Å². The van der Waals surface area contributed by atoms with Gasteiger partial charge in [-0.3, -0.25) is 4.79 Å².